The van der Waals surface area contributed by atoms with Gasteiger partial charge in [-0.2, -0.15) is 0 Å². The Hall–Kier alpha value is -1.40. The maximum absolute atomic E-state index is 13.6. The molecule has 1 heterocycles. The normalized spacial score (nSPS) is 25.8. The second kappa shape index (κ2) is 7.31. The zero-order valence-corrected chi connectivity index (χ0v) is 16.8. The molecule has 0 aromatic heterocycles. The van der Waals surface area contributed by atoms with Crippen LogP contribution in [0.5, 0.6) is 0 Å². The molecule has 6 heteroatoms. The Kier molecular flexibility index (Phi) is 5.45. The molecule has 1 aliphatic carbocycles. The van der Waals surface area contributed by atoms with Crippen molar-refractivity contribution in [1.82, 2.24) is 10.6 Å². The number of nitrogens with one attached hydrogen (secondary N) is 2. The fourth-order valence-electron chi connectivity index (χ4n) is 4.31. The largest absolute Gasteiger partial charge is 0.350 e. The molecule has 5 nitrogen and oxygen atoms in total. The zero-order valence-electron chi connectivity index (χ0n) is 16.0. The molecule has 1 saturated carbocycles. The first-order chi connectivity index (χ1) is 12.3. The van der Waals surface area contributed by atoms with E-state index >= 15 is 0 Å². The Morgan fingerprint density at radius 2 is 1.88 bits per heavy atom. The van der Waals surface area contributed by atoms with E-state index in [1.54, 1.807) is 13.0 Å². The SMILES string of the molecule is Cc1ccc(C)c(S(=O)(=O)C2(C(=O)NC3CCCNC3C)CCCC2)c1. The predicted molar refractivity (Wildman–Crippen MR) is 103 cm³/mol. The molecule has 1 aliphatic heterocycles. The Balaban J connectivity index is 1.96. The summed E-state index contributed by atoms with van der Waals surface area (Å²) < 4.78 is 25.9. The fraction of sp³-hybridized carbons (Fsp3) is 0.650. The molecule has 144 valence electrons. The van der Waals surface area contributed by atoms with Crippen LogP contribution in [0.1, 0.15) is 56.6 Å². The molecule has 0 radical (unpaired) electrons. The maximum Gasteiger partial charge on any atom is 0.242 e. The van der Waals surface area contributed by atoms with Gasteiger partial charge in [-0.1, -0.05) is 25.0 Å². The summed E-state index contributed by atoms with van der Waals surface area (Å²) in [6.45, 7) is 6.68. The smallest absolute Gasteiger partial charge is 0.242 e. The van der Waals surface area contributed by atoms with Gasteiger partial charge in [0, 0.05) is 12.1 Å². The first-order valence-corrected chi connectivity index (χ1v) is 11.1. The topological polar surface area (TPSA) is 75.3 Å². The Labute approximate surface area is 156 Å². The lowest BCUT2D eigenvalue weighted by molar-refractivity contribution is -0.124. The third kappa shape index (κ3) is 3.29. The number of rotatable bonds is 4. The molecule has 1 aromatic rings. The van der Waals surface area contributed by atoms with Crippen molar-refractivity contribution < 1.29 is 13.2 Å². The van der Waals surface area contributed by atoms with Gasteiger partial charge >= 0.3 is 0 Å². The molecule has 2 unspecified atom stereocenters. The van der Waals surface area contributed by atoms with E-state index in [0.717, 1.165) is 37.8 Å². The van der Waals surface area contributed by atoms with E-state index in [9.17, 15) is 13.2 Å². The highest BCUT2D eigenvalue weighted by atomic mass is 32.2. The van der Waals surface area contributed by atoms with Gasteiger partial charge in [-0.15, -0.1) is 0 Å². The highest BCUT2D eigenvalue weighted by Crippen LogP contribution is 2.42. The summed E-state index contributed by atoms with van der Waals surface area (Å²) in [5.41, 5.74) is 1.61. The molecule has 2 atom stereocenters. The minimum Gasteiger partial charge on any atom is -0.350 e. The van der Waals surface area contributed by atoms with Gasteiger partial charge in [0.2, 0.25) is 5.91 Å². The van der Waals surface area contributed by atoms with Crippen LogP contribution in [0, 0.1) is 13.8 Å². The summed E-state index contributed by atoms with van der Waals surface area (Å²) in [4.78, 5) is 13.6. The van der Waals surface area contributed by atoms with Gasteiger partial charge < -0.3 is 10.6 Å². The minimum atomic E-state index is -3.75. The molecule has 2 aliphatic rings. The van der Waals surface area contributed by atoms with Gasteiger partial charge in [-0.3, -0.25) is 4.79 Å². The van der Waals surface area contributed by atoms with E-state index in [4.69, 9.17) is 0 Å². The Morgan fingerprint density at radius 1 is 1.19 bits per heavy atom. The van der Waals surface area contributed by atoms with Crippen molar-refractivity contribution in [3.05, 3.63) is 29.3 Å². The van der Waals surface area contributed by atoms with E-state index in [1.165, 1.54) is 0 Å². The molecule has 1 amide bonds. The van der Waals surface area contributed by atoms with Gasteiger partial charge in [0.25, 0.3) is 0 Å². The number of amides is 1. The van der Waals surface area contributed by atoms with Crippen LogP contribution in [0.2, 0.25) is 0 Å². The quantitative estimate of drug-likeness (QED) is 0.845. The average Bonchev–Trinajstić information content (AvgIpc) is 3.10. The van der Waals surface area contributed by atoms with Gasteiger partial charge in [-0.05, 0) is 70.2 Å². The number of hydrogen-bond acceptors (Lipinski definition) is 4. The summed E-state index contributed by atoms with van der Waals surface area (Å²) >= 11 is 0. The standard InChI is InChI=1S/C20H30N2O3S/c1-14-8-9-15(2)18(13-14)26(24,25)20(10-4-5-11-20)19(23)22-17-7-6-12-21-16(17)3/h8-9,13,16-17,21H,4-7,10-12H2,1-3H3,(H,22,23). The zero-order chi connectivity index (χ0) is 18.9. The highest BCUT2D eigenvalue weighted by molar-refractivity contribution is 7.93. The summed E-state index contributed by atoms with van der Waals surface area (Å²) in [5.74, 6) is -0.309. The molecule has 2 N–H and O–H groups in total. The fourth-order valence-corrected chi connectivity index (χ4v) is 6.70. The van der Waals surface area contributed by atoms with Crippen LogP contribution in [-0.4, -0.2) is 37.7 Å². The van der Waals surface area contributed by atoms with Gasteiger partial charge in [0.15, 0.2) is 14.6 Å². The van der Waals surface area contributed by atoms with Crippen molar-refractivity contribution in [1.29, 1.82) is 0 Å². The van der Waals surface area contributed by atoms with Crippen molar-refractivity contribution in [3.8, 4) is 0 Å². The third-order valence-corrected chi connectivity index (χ3v) is 8.69. The molecule has 0 bridgehead atoms. The van der Waals surface area contributed by atoms with Gasteiger partial charge in [0.1, 0.15) is 0 Å². The van der Waals surface area contributed by atoms with Crippen LogP contribution >= 0.6 is 0 Å². The molecule has 2 fully saturated rings. The number of sulfone groups is 1. The van der Waals surface area contributed by atoms with Crippen molar-refractivity contribution in [2.75, 3.05) is 6.54 Å². The van der Waals surface area contributed by atoms with Crippen molar-refractivity contribution >= 4 is 15.7 Å². The highest BCUT2D eigenvalue weighted by Gasteiger charge is 2.53. The van der Waals surface area contributed by atoms with Crippen molar-refractivity contribution in [3.63, 3.8) is 0 Å². The average molecular weight is 379 g/mol. The van der Waals surface area contributed by atoms with Gasteiger partial charge in [-0.25, -0.2) is 8.42 Å². The molecule has 26 heavy (non-hydrogen) atoms. The number of carbonyl (C=O) groups excluding carboxylic acids is 1. The Morgan fingerprint density at radius 3 is 2.54 bits per heavy atom. The first-order valence-electron chi connectivity index (χ1n) is 9.64. The number of benzene rings is 1. The molecule has 1 saturated heterocycles. The molecule has 0 spiro atoms. The number of piperidine rings is 1. The summed E-state index contributed by atoms with van der Waals surface area (Å²) in [6, 6.07) is 5.60. The lowest BCUT2D eigenvalue weighted by Crippen LogP contribution is -2.58. The summed E-state index contributed by atoms with van der Waals surface area (Å²) in [6.07, 6.45) is 4.24. The predicted octanol–water partition coefficient (Wildman–Crippen LogP) is 2.65. The number of aryl methyl sites for hydroxylation is 2. The monoisotopic (exact) mass is 378 g/mol. The molecular formula is C20H30N2O3S. The van der Waals surface area contributed by atoms with Gasteiger partial charge in [0.05, 0.1) is 4.90 Å². The van der Waals surface area contributed by atoms with E-state index in [1.807, 2.05) is 26.0 Å². The lowest BCUT2D eigenvalue weighted by Gasteiger charge is -2.35. The molecule has 3 rings (SSSR count). The second-order valence-corrected chi connectivity index (χ2v) is 10.2. The van der Waals surface area contributed by atoms with Crippen LogP contribution in [0.3, 0.4) is 0 Å². The van der Waals surface area contributed by atoms with E-state index in [-0.39, 0.29) is 18.0 Å². The van der Waals surface area contributed by atoms with Crippen molar-refractivity contribution in [2.45, 2.75) is 81.0 Å². The van der Waals surface area contributed by atoms with Crippen LogP contribution in [0.4, 0.5) is 0 Å². The van der Waals surface area contributed by atoms with Crippen molar-refractivity contribution in [2.24, 2.45) is 0 Å². The van der Waals surface area contributed by atoms with Crippen LogP contribution in [-0.2, 0) is 14.6 Å². The molecular weight excluding hydrogens is 348 g/mol. The third-order valence-electron chi connectivity index (χ3n) is 6.05. The summed E-state index contributed by atoms with van der Waals surface area (Å²) in [7, 11) is -3.75. The maximum atomic E-state index is 13.6. The van der Waals surface area contributed by atoms with Crippen LogP contribution in [0.25, 0.3) is 0 Å². The second-order valence-electron chi connectivity index (χ2n) is 7.94. The van der Waals surface area contributed by atoms with Crippen LogP contribution in [0.15, 0.2) is 23.1 Å². The van der Waals surface area contributed by atoms with E-state index in [2.05, 4.69) is 10.6 Å². The first kappa shape index (κ1) is 19.4. The Bertz CT molecular complexity index is 782. The van der Waals surface area contributed by atoms with Crippen LogP contribution < -0.4 is 10.6 Å². The lowest BCUT2D eigenvalue weighted by atomic mass is 9.98. The number of carbonyl (C=O) groups is 1. The van der Waals surface area contributed by atoms with E-state index < -0.39 is 14.6 Å². The summed E-state index contributed by atoms with van der Waals surface area (Å²) in [5, 5.41) is 6.44. The molecule has 1 aromatic carbocycles. The number of hydrogen-bond donors (Lipinski definition) is 2. The van der Waals surface area contributed by atoms with E-state index in [0.29, 0.717) is 23.3 Å². The minimum absolute atomic E-state index is 0.0115.